The molecule has 9 heteroatoms. The summed E-state index contributed by atoms with van der Waals surface area (Å²) in [7, 11) is -4.29. The van der Waals surface area contributed by atoms with Crippen LogP contribution in [0.2, 0.25) is 0 Å². The van der Waals surface area contributed by atoms with E-state index < -0.39 is 10.3 Å². The zero-order chi connectivity index (χ0) is 21.6. The molecule has 0 aliphatic carbocycles. The van der Waals surface area contributed by atoms with Crippen molar-refractivity contribution in [3.05, 3.63) is 75.7 Å². The summed E-state index contributed by atoms with van der Waals surface area (Å²) in [6.45, 7) is 2.79. The van der Waals surface area contributed by atoms with Crippen molar-refractivity contribution in [1.82, 2.24) is 10.3 Å². The number of benzene rings is 2. The van der Waals surface area contributed by atoms with E-state index in [-0.39, 0.29) is 11.8 Å². The van der Waals surface area contributed by atoms with Crippen LogP contribution in [0.15, 0.2) is 53.9 Å². The van der Waals surface area contributed by atoms with Gasteiger partial charge in [0, 0.05) is 5.38 Å². The number of phenolic OH excluding ortho intramolecular Hbond substituents is 1. The van der Waals surface area contributed by atoms with Crippen LogP contribution in [0.5, 0.6) is 5.75 Å². The smallest absolute Gasteiger partial charge is 0.357 e. The summed E-state index contributed by atoms with van der Waals surface area (Å²) >= 11 is 1.62. The first-order chi connectivity index (χ1) is 14.3. The van der Waals surface area contributed by atoms with Gasteiger partial charge in [-0.15, -0.1) is 11.3 Å². The Hall–Kier alpha value is -2.46. The van der Waals surface area contributed by atoms with E-state index in [4.69, 9.17) is 9.54 Å². The van der Waals surface area contributed by atoms with Gasteiger partial charge in [-0.3, -0.25) is 9.27 Å². The van der Waals surface area contributed by atoms with Gasteiger partial charge in [0.1, 0.15) is 10.8 Å². The normalized spacial score (nSPS) is 12.6. The van der Waals surface area contributed by atoms with Gasteiger partial charge in [0.05, 0.1) is 17.4 Å². The Morgan fingerprint density at radius 1 is 1.13 bits per heavy atom. The van der Waals surface area contributed by atoms with Crippen molar-refractivity contribution in [2.24, 2.45) is 0 Å². The molecule has 0 saturated carbocycles. The molecule has 0 spiro atoms. The van der Waals surface area contributed by atoms with E-state index in [1.54, 1.807) is 35.6 Å². The molecule has 0 unspecified atom stereocenters. The van der Waals surface area contributed by atoms with Crippen LogP contribution in [0.25, 0.3) is 0 Å². The molecule has 0 aliphatic rings. The van der Waals surface area contributed by atoms with Gasteiger partial charge < -0.3 is 10.4 Å². The second-order valence-corrected chi connectivity index (χ2v) is 8.98. The van der Waals surface area contributed by atoms with Crippen molar-refractivity contribution in [1.29, 1.82) is 0 Å². The highest BCUT2D eigenvalue weighted by Gasteiger charge is 2.16. The zero-order valence-electron chi connectivity index (χ0n) is 16.6. The number of phenols is 1. The molecule has 1 aromatic heterocycles. The highest BCUT2D eigenvalue weighted by atomic mass is 32.2. The molecular formula is C21H25N3O4S2. The van der Waals surface area contributed by atoms with Crippen LogP contribution in [0, 0.1) is 0 Å². The summed E-state index contributed by atoms with van der Waals surface area (Å²) in [6.07, 6.45) is 2.33. The second-order valence-electron chi connectivity index (χ2n) is 6.94. The average molecular weight is 448 g/mol. The Kier molecular flexibility index (Phi) is 7.43. The summed E-state index contributed by atoms with van der Waals surface area (Å²) in [4.78, 5) is 4.72. The van der Waals surface area contributed by atoms with Crippen molar-refractivity contribution in [2.75, 3.05) is 11.3 Å². The van der Waals surface area contributed by atoms with E-state index in [1.165, 1.54) is 0 Å². The van der Waals surface area contributed by atoms with Gasteiger partial charge in [-0.2, -0.15) is 8.42 Å². The summed E-state index contributed by atoms with van der Waals surface area (Å²) in [5.41, 5.74) is 3.42. The number of anilines is 1. The third kappa shape index (κ3) is 6.81. The quantitative estimate of drug-likeness (QED) is 0.352. The lowest BCUT2D eigenvalue weighted by Gasteiger charge is -2.17. The number of thiazole rings is 1. The molecule has 1 heterocycles. The first kappa shape index (κ1) is 22.2. The van der Waals surface area contributed by atoms with Crippen LogP contribution in [0.4, 0.5) is 5.69 Å². The Morgan fingerprint density at radius 3 is 2.53 bits per heavy atom. The molecule has 0 radical (unpaired) electrons. The third-order valence-electron chi connectivity index (χ3n) is 4.59. The minimum absolute atomic E-state index is 0.00740. The van der Waals surface area contributed by atoms with E-state index in [0.29, 0.717) is 12.1 Å². The number of aromatic hydroxyl groups is 1. The lowest BCUT2D eigenvalue weighted by Crippen LogP contribution is -2.25. The lowest BCUT2D eigenvalue weighted by molar-refractivity contribution is 0.474. The predicted octanol–water partition coefficient (Wildman–Crippen LogP) is 3.74. The standard InChI is InChI=1S/C21H25N3O4S2/c1-2-17-14-29-21(23-17)20(22-11-10-15-4-3-5-19(25)12-15)13-16-6-8-18(9-7-16)24-30(26,27)28/h3-9,12,14,20,22,24-25H,2,10-11,13H2,1H3,(H,26,27,28)/t20-/m0/s1. The Balaban J connectivity index is 1.69. The molecule has 30 heavy (non-hydrogen) atoms. The summed E-state index contributed by atoms with van der Waals surface area (Å²) < 4.78 is 32.8. The Morgan fingerprint density at radius 2 is 1.90 bits per heavy atom. The molecule has 0 aliphatic heterocycles. The van der Waals surface area contributed by atoms with Crippen molar-refractivity contribution < 1.29 is 18.1 Å². The average Bonchev–Trinajstić information content (AvgIpc) is 3.17. The zero-order valence-corrected chi connectivity index (χ0v) is 18.2. The molecule has 4 N–H and O–H groups in total. The molecule has 0 bridgehead atoms. The fourth-order valence-corrected chi connectivity index (χ4v) is 4.50. The summed E-state index contributed by atoms with van der Waals surface area (Å²) in [5.74, 6) is 0.259. The summed E-state index contributed by atoms with van der Waals surface area (Å²) in [6, 6.07) is 14.1. The van der Waals surface area contributed by atoms with Gasteiger partial charge in [0.2, 0.25) is 0 Å². The van der Waals surface area contributed by atoms with Crippen LogP contribution < -0.4 is 10.0 Å². The molecule has 0 saturated heterocycles. The van der Waals surface area contributed by atoms with E-state index in [1.807, 2.05) is 29.0 Å². The molecule has 3 rings (SSSR count). The minimum Gasteiger partial charge on any atom is -0.508 e. The van der Waals surface area contributed by atoms with E-state index >= 15 is 0 Å². The van der Waals surface area contributed by atoms with Gasteiger partial charge in [0.15, 0.2) is 0 Å². The number of hydrogen-bond acceptors (Lipinski definition) is 6. The second kappa shape index (κ2) is 10.0. The topological polar surface area (TPSA) is 112 Å². The molecule has 7 nitrogen and oxygen atoms in total. The number of nitrogens with one attached hydrogen (secondary N) is 2. The van der Waals surface area contributed by atoms with E-state index in [0.717, 1.165) is 41.2 Å². The van der Waals surface area contributed by atoms with Crippen molar-refractivity contribution in [3.8, 4) is 5.75 Å². The molecular weight excluding hydrogens is 422 g/mol. The SMILES string of the molecule is CCc1csc([C@H](Cc2ccc(NS(=O)(=O)O)cc2)NCCc2cccc(O)c2)n1. The van der Waals surface area contributed by atoms with Gasteiger partial charge in [0.25, 0.3) is 0 Å². The van der Waals surface area contributed by atoms with Gasteiger partial charge in [-0.25, -0.2) is 4.98 Å². The lowest BCUT2D eigenvalue weighted by atomic mass is 10.1. The predicted molar refractivity (Wildman–Crippen MR) is 119 cm³/mol. The first-order valence-electron chi connectivity index (χ1n) is 9.62. The van der Waals surface area contributed by atoms with Crippen LogP contribution >= 0.6 is 11.3 Å². The van der Waals surface area contributed by atoms with Gasteiger partial charge in [-0.05, 0) is 61.2 Å². The molecule has 3 aromatic rings. The van der Waals surface area contributed by atoms with E-state index in [2.05, 4.69) is 17.6 Å². The maximum atomic E-state index is 10.9. The molecule has 160 valence electrons. The van der Waals surface area contributed by atoms with Gasteiger partial charge in [-0.1, -0.05) is 31.2 Å². The Labute approximate surface area is 180 Å². The highest BCUT2D eigenvalue weighted by Crippen LogP contribution is 2.24. The van der Waals surface area contributed by atoms with Gasteiger partial charge >= 0.3 is 10.3 Å². The molecule has 2 aromatic carbocycles. The summed E-state index contributed by atoms with van der Waals surface area (Å²) in [5, 5.41) is 16.3. The molecule has 1 atom stereocenters. The van der Waals surface area contributed by atoms with E-state index in [9.17, 15) is 13.5 Å². The van der Waals surface area contributed by atoms with Crippen LogP contribution in [0.1, 0.15) is 34.8 Å². The number of rotatable bonds is 10. The molecule has 0 amide bonds. The third-order valence-corrected chi connectivity index (χ3v) is 6.09. The largest absolute Gasteiger partial charge is 0.508 e. The fraction of sp³-hybridized carbons (Fsp3) is 0.286. The van der Waals surface area contributed by atoms with Crippen molar-refractivity contribution >= 4 is 27.3 Å². The van der Waals surface area contributed by atoms with Crippen LogP contribution in [-0.2, 0) is 29.6 Å². The molecule has 0 fully saturated rings. The fourth-order valence-electron chi connectivity index (χ4n) is 3.09. The Bertz CT molecular complexity index is 1070. The maximum Gasteiger partial charge on any atom is 0.357 e. The van der Waals surface area contributed by atoms with Crippen LogP contribution in [-0.4, -0.2) is 29.6 Å². The number of hydrogen-bond donors (Lipinski definition) is 4. The monoisotopic (exact) mass is 447 g/mol. The maximum absolute atomic E-state index is 10.9. The minimum atomic E-state index is -4.29. The van der Waals surface area contributed by atoms with Crippen LogP contribution in [0.3, 0.4) is 0 Å². The highest BCUT2D eigenvalue weighted by molar-refractivity contribution is 7.87. The number of aromatic nitrogens is 1. The number of aryl methyl sites for hydroxylation is 1. The van der Waals surface area contributed by atoms with Crippen molar-refractivity contribution in [3.63, 3.8) is 0 Å². The van der Waals surface area contributed by atoms with Crippen molar-refractivity contribution in [2.45, 2.75) is 32.2 Å². The number of nitrogens with zero attached hydrogens (tertiary/aromatic N) is 1. The first-order valence-corrected chi connectivity index (χ1v) is 11.9.